The summed E-state index contributed by atoms with van der Waals surface area (Å²) in [5.74, 6) is 1.37. The molecule has 4 aromatic rings. The molecule has 2 amide bonds. The van der Waals surface area contributed by atoms with E-state index in [4.69, 9.17) is 14.7 Å². The number of carbonyl (C=O) groups excluding carboxylic acids is 1. The normalized spacial score (nSPS) is 16.6. The van der Waals surface area contributed by atoms with Crippen molar-refractivity contribution in [2.75, 3.05) is 54.9 Å². The van der Waals surface area contributed by atoms with Gasteiger partial charge < -0.3 is 25.6 Å². The Labute approximate surface area is 213 Å². The first-order valence-electron chi connectivity index (χ1n) is 12.5. The van der Waals surface area contributed by atoms with Crippen LogP contribution in [-0.4, -0.2) is 75.4 Å². The van der Waals surface area contributed by atoms with Gasteiger partial charge in [-0.25, -0.2) is 19.4 Å². The number of morpholine rings is 1. The Kier molecular flexibility index (Phi) is 6.57. The van der Waals surface area contributed by atoms with E-state index in [0.717, 1.165) is 61.6 Å². The summed E-state index contributed by atoms with van der Waals surface area (Å²) in [6.45, 7) is 4.66. The number of rotatable bonds is 5. The molecule has 0 spiro atoms. The van der Waals surface area contributed by atoms with Crippen LogP contribution in [0.1, 0.15) is 18.9 Å². The van der Waals surface area contributed by atoms with Crippen molar-refractivity contribution in [2.24, 2.45) is 0 Å². The number of anilines is 3. The molecule has 2 aliphatic heterocycles. The predicted molar refractivity (Wildman–Crippen MR) is 140 cm³/mol. The first-order valence-corrected chi connectivity index (χ1v) is 12.5. The van der Waals surface area contributed by atoms with E-state index < -0.39 is 0 Å². The monoisotopic (exact) mass is 500 g/mol. The Hall–Kier alpha value is -4.16. The Morgan fingerprint density at radius 3 is 2.54 bits per heavy atom. The fourth-order valence-corrected chi connectivity index (χ4v) is 4.67. The van der Waals surface area contributed by atoms with Gasteiger partial charge in [0.05, 0.1) is 31.1 Å². The highest BCUT2D eigenvalue weighted by Crippen LogP contribution is 2.30. The molecular formula is C25H28N10O2. The highest BCUT2D eigenvalue weighted by molar-refractivity contribution is 5.99. The van der Waals surface area contributed by atoms with Crippen molar-refractivity contribution in [1.29, 1.82) is 0 Å². The van der Waals surface area contributed by atoms with E-state index in [1.807, 2.05) is 28.9 Å². The summed E-state index contributed by atoms with van der Waals surface area (Å²) in [6.07, 6.45) is 5.20. The molecule has 0 saturated carbocycles. The van der Waals surface area contributed by atoms with E-state index in [1.165, 1.54) is 0 Å². The highest BCUT2D eigenvalue weighted by atomic mass is 16.5. The number of aromatic nitrogens is 6. The molecule has 0 unspecified atom stereocenters. The molecule has 2 saturated heterocycles. The molecule has 12 heteroatoms. The first kappa shape index (κ1) is 23.3. The third kappa shape index (κ3) is 5.06. The number of fused-ring (bicyclic) bond motifs is 1. The Morgan fingerprint density at radius 2 is 1.78 bits per heavy atom. The van der Waals surface area contributed by atoms with Crippen molar-refractivity contribution in [3.05, 3.63) is 48.8 Å². The molecule has 0 bridgehead atoms. The Balaban J connectivity index is 1.30. The van der Waals surface area contributed by atoms with Gasteiger partial charge in [0.1, 0.15) is 0 Å². The van der Waals surface area contributed by atoms with Crippen molar-refractivity contribution in [3.63, 3.8) is 0 Å². The molecule has 2 aliphatic rings. The molecule has 12 nitrogen and oxygen atoms in total. The second kappa shape index (κ2) is 10.4. The minimum Gasteiger partial charge on any atom is -0.378 e. The van der Waals surface area contributed by atoms with Crippen LogP contribution in [0.3, 0.4) is 0 Å². The van der Waals surface area contributed by atoms with Crippen LogP contribution in [0.25, 0.3) is 22.6 Å². The number of hydrogen-bond donors (Lipinski definition) is 3. The molecule has 5 heterocycles. The maximum Gasteiger partial charge on any atom is 0.323 e. The molecule has 0 atom stereocenters. The van der Waals surface area contributed by atoms with Gasteiger partial charge in [-0.05, 0) is 62.3 Å². The van der Waals surface area contributed by atoms with Gasteiger partial charge in [0.25, 0.3) is 0 Å². The molecule has 0 aliphatic carbocycles. The van der Waals surface area contributed by atoms with Gasteiger partial charge in [-0.2, -0.15) is 0 Å². The van der Waals surface area contributed by atoms with Crippen LogP contribution in [0, 0.1) is 0 Å². The quantitative estimate of drug-likeness (QED) is 0.378. The van der Waals surface area contributed by atoms with Crippen LogP contribution in [0.4, 0.5) is 22.0 Å². The van der Waals surface area contributed by atoms with Gasteiger partial charge in [-0.3, -0.25) is 4.98 Å². The molecule has 37 heavy (non-hydrogen) atoms. The molecule has 190 valence electrons. The smallest absolute Gasteiger partial charge is 0.323 e. The van der Waals surface area contributed by atoms with Crippen LogP contribution in [0.15, 0.2) is 48.8 Å². The summed E-state index contributed by atoms with van der Waals surface area (Å²) in [5, 5.41) is 18.0. The maximum absolute atomic E-state index is 12.3. The Bertz CT molecular complexity index is 1360. The van der Waals surface area contributed by atoms with Crippen LogP contribution in [0.2, 0.25) is 0 Å². The van der Waals surface area contributed by atoms with Gasteiger partial charge in [0.2, 0.25) is 0 Å². The summed E-state index contributed by atoms with van der Waals surface area (Å²) in [7, 11) is 0. The van der Waals surface area contributed by atoms with Crippen molar-refractivity contribution >= 4 is 34.4 Å². The average molecular weight is 501 g/mol. The van der Waals surface area contributed by atoms with Gasteiger partial charge in [0, 0.05) is 30.5 Å². The number of carbonyl (C=O) groups is 1. The summed E-state index contributed by atoms with van der Waals surface area (Å²) in [4.78, 5) is 28.4. The van der Waals surface area contributed by atoms with Crippen LogP contribution < -0.4 is 20.9 Å². The van der Waals surface area contributed by atoms with Crippen molar-refractivity contribution in [2.45, 2.75) is 18.9 Å². The highest BCUT2D eigenvalue weighted by Gasteiger charge is 2.25. The zero-order valence-corrected chi connectivity index (χ0v) is 20.3. The molecule has 1 aromatic carbocycles. The molecule has 3 aromatic heterocycles. The molecule has 0 radical (unpaired) electrons. The lowest BCUT2D eigenvalue weighted by Crippen LogP contribution is -2.37. The van der Waals surface area contributed by atoms with Gasteiger partial charge in [-0.1, -0.05) is 5.21 Å². The SMILES string of the molecule is O=C(Nc1ccc(-c2nc(N3CCOCC3)c3nnn(C4CCNCC4)c3n2)cc1)Nc1cccnc1. The third-order valence-corrected chi connectivity index (χ3v) is 6.59. The van der Waals surface area contributed by atoms with Crippen LogP contribution in [-0.2, 0) is 4.74 Å². The van der Waals surface area contributed by atoms with Crippen molar-refractivity contribution in [1.82, 2.24) is 35.3 Å². The number of nitrogens with one attached hydrogen (secondary N) is 3. The van der Waals surface area contributed by atoms with Crippen LogP contribution >= 0.6 is 0 Å². The van der Waals surface area contributed by atoms with E-state index in [1.54, 1.807) is 24.5 Å². The standard InChI is InChI=1S/C25H28N10O2/c36-25(29-19-2-1-9-27-16-19)28-18-5-3-17(4-6-18)22-30-23(34-12-14-37-15-13-34)21-24(31-22)35(33-32-21)20-7-10-26-11-8-20/h1-6,9,16,20,26H,7-8,10-15H2,(H2,28,29,36). The molecule has 2 fully saturated rings. The first-order chi connectivity index (χ1) is 18.2. The van der Waals surface area contributed by atoms with E-state index in [9.17, 15) is 4.79 Å². The number of piperidine rings is 1. The number of amides is 2. The van der Waals surface area contributed by atoms with Crippen molar-refractivity contribution in [3.8, 4) is 11.4 Å². The number of nitrogens with zero attached hydrogens (tertiary/aromatic N) is 7. The average Bonchev–Trinajstić information content (AvgIpc) is 3.38. The largest absolute Gasteiger partial charge is 0.378 e. The van der Waals surface area contributed by atoms with E-state index in [-0.39, 0.29) is 12.1 Å². The fraction of sp³-hybridized carbons (Fsp3) is 0.360. The van der Waals surface area contributed by atoms with Gasteiger partial charge in [-0.15, -0.1) is 5.10 Å². The summed E-state index contributed by atoms with van der Waals surface area (Å²) in [5.41, 5.74) is 3.58. The zero-order valence-electron chi connectivity index (χ0n) is 20.3. The second-order valence-electron chi connectivity index (χ2n) is 9.06. The van der Waals surface area contributed by atoms with E-state index >= 15 is 0 Å². The van der Waals surface area contributed by atoms with E-state index in [2.05, 4.69) is 36.1 Å². The minimum atomic E-state index is -0.343. The number of urea groups is 1. The van der Waals surface area contributed by atoms with Crippen LogP contribution in [0.5, 0.6) is 0 Å². The lowest BCUT2D eigenvalue weighted by molar-refractivity contribution is 0.122. The summed E-state index contributed by atoms with van der Waals surface area (Å²) < 4.78 is 7.52. The summed E-state index contributed by atoms with van der Waals surface area (Å²) >= 11 is 0. The second-order valence-corrected chi connectivity index (χ2v) is 9.06. The lowest BCUT2D eigenvalue weighted by atomic mass is 10.1. The predicted octanol–water partition coefficient (Wildman–Crippen LogP) is 2.69. The number of pyridine rings is 1. The zero-order chi connectivity index (χ0) is 25.0. The molecular weight excluding hydrogens is 472 g/mol. The number of hydrogen-bond acceptors (Lipinski definition) is 9. The minimum absolute atomic E-state index is 0.247. The number of benzene rings is 1. The summed E-state index contributed by atoms with van der Waals surface area (Å²) in [6, 6.07) is 10.9. The third-order valence-electron chi connectivity index (χ3n) is 6.59. The molecule has 6 rings (SSSR count). The molecule has 3 N–H and O–H groups in total. The lowest BCUT2D eigenvalue weighted by Gasteiger charge is -2.28. The van der Waals surface area contributed by atoms with Gasteiger partial charge in [0.15, 0.2) is 22.8 Å². The fourth-order valence-electron chi connectivity index (χ4n) is 4.67. The Morgan fingerprint density at radius 1 is 1.00 bits per heavy atom. The maximum atomic E-state index is 12.3. The van der Waals surface area contributed by atoms with E-state index in [0.29, 0.717) is 30.4 Å². The number of ether oxygens (including phenoxy) is 1. The van der Waals surface area contributed by atoms with Crippen molar-refractivity contribution < 1.29 is 9.53 Å². The van der Waals surface area contributed by atoms with Gasteiger partial charge >= 0.3 is 6.03 Å². The topological polar surface area (TPSA) is 135 Å².